The van der Waals surface area contributed by atoms with Gasteiger partial charge < -0.3 is 25.4 Å². The van der Waals surface area contributed by atoms with E-state index in [2.05, 4.69) is 20.3 Å². The Kier molecular flexibility index (Phi) is 5.32. The molecular weight excluding hydrogens is 407 g/mol. The van der Waals surface area contributed by atoms with E-state index < -0.39 is 42.9 Å². The summed E-state index contributed by atoms with van der Waals surface area (Å²) in [7, 11) is 0. The fraction of sp³-hybridized carbons (Fsp3) is 0.389. The van der Waals surface area contributed by atoms with Gasteiger partial charge in [-0.1, -0.05) is 12.1 Å². The van der Waals surface area contributed by atoms with Crippen molar-refractivity contribution in [3.05, 3.63) is 48.0 Å². The molecule has 9 nitrogen and oxygen atoms in total. The van der Waals surface area contributed by atoms with Gasteiger partial charge in [0.1, 0.15) is 24.6 Å². The highest BCUT2D eigenvalue weighted by molar-refractivity contribution is 5.82. The van der Waals surface area contributed by atoms with Gasteiger partial charge >= 0.3 is 6.18 Å². The quantitative estimate of drug-likeness (QED) is 0.478. The summed E-state index contributed by atoms with van der Waals surface area (Å²) in [5.41, 5.74) is 0.247. The van der Waals surface area contributed by atoms with E-state index in [-0.39, 0.29) is 18.0 Å². The summed E-state index contributed by atoms with van der Waals surface area (Å²) in [6, 6.07) is 4.92. The van der Waals surface area contributed by atoms with Crippen molar-refractivity contribution in [2.75, 3.05) is 11.9 Å². The number of ether oxygens (including phenoxy) is 1. The Labute approximate surface area is 167 Å². The molecule has 3 aromatic rings. The molecule has 30 heavy (non-hydrogen) atoms. The van der Waals surface area contributed by atoms with Crippen LogP contribution in [0.3, 0.4) is 0 Å². The van der Waals surface area contributed by atoms with Gasteiger partial charge in [0.05, 0.1) is 18.5 Å². The second-order valence-electron chi connectivity index (χ2n) is 6.83. The number of imidazole rings is 1. The number of rotatable bonds is 5. The van der Waals surface area contributed by atoms with E-state index in [9.17, 15) is 28.5 Å². The molecule has 0 radical (unpaired) electrons. The lowest BCUT2D eigenvalue weighted by atomic mass is 10.1. The number of fused-ring (bicyclic) bond motifs is 1. The molecule has 0 spiro atoms. The number of benzene rings is 1. The first-order valence-electron chi connectivity index (χ1n) is 8.99. The van der Waals surface area contributed by atoms with Crippen LogP contribution in [-0.2, 0) is 17.5 Å². The van der Waals surface area contributed by atoms with Gasteiger partial charge in [0, 0.05) is 6.54 Å². The molecule has 2 aromatic heterocycles. The van der Waals surface area contributed by atoms with Crippen molar-refractivity contribution < 1.29 is 33.2 Å². The fourth-order valence-electron chi connectivity index (χ4n) is 3.32. The molecular formula is C18H18F3N5O4. The van der Waals surface area contributed by atoms with Gasteiger partial charge in [0.15, 0.2) is 23.2 Å². The number of hydrogen-bond donors (Lipinski definition) is 4. The Morgan fingerprint density at radius 1 is 1.13 bits per heavy atom. The van der Waals surface area contributed by atoms with E-state index in [1.54, 1.807) is 6.07 Å². The lowest BCUT2D eigenvalue weighted by Crippen LogP contribution is -2.33. The monoisotopic (exact) mass is 425 g/mol. The molecule has 4 atom stereocenters. The molecule has 0 saturated carbocycles. The number of aliphatic hydroxyl groups excluding tert-OH is 3. The molecule has 0 aliphatic carbocycles. The van der Waals surface area contributed by atoms with Gasteiger partial charge in [0.25, 0.3) is 0 Å². The van der Waals surface area contributed by atoms with Crippen molar-refractivity contribution in [1.82, 2.24) is 19.5 Å². The Morgan fingerprint density at radius 2 is 1.93 bits per heavy atom. The zero-order valence-electron chi connectivity index (χ0n) is 15.4. The van der Waals surface area contributed by atoms with E-state index >= 15 is 0 Å². The highest BCUT2D eigenvalue weighted by Gasteiger charge is 2.44. The maximum absolute atomic E-state index is 12.9. The summed E-state index contributed by atoms with van der Waals surface area (Å²) in [6.45, 7) is -0.406. The average molecular weight is 425 g/mol. The van der Waals surface area contributed by atoms with Crippen LogP contribution in [0.25, 0.3) is 11.2 Å². The minimum absolute atomic E-state index is 0.0662. The third-order valence-corrected chi connectivity index (χ3v) is 4.86. The van der Waals surface area contributed by atoms with Crippen LogP contribution in [-0.4, -0.2) is 59.8 Å². The summed E-state index contributed by atoms with van der Waals surface area (Å²) in [5, 5.41) is 32.4. The van der Waals surface area contributed by atoms with Crippen LogP contribution >= 0.6 is 0 Å². The van der Waals surface area contributed by atoms with Gasteiger partial charge in [-0.05, 0) is 17.7 Å². The maximum atomic E-state index is 12.9. The zero-order chi connectivity index (χ0) is 21.5. The molecule has 1 fully saturated rings. The molecule has 1 saturated heterocycles. The third kappa shape index (κ3) is 3.69. The fourth-order valence-corrected chi connectivity index (χ4v) is 3.32. The van der Waals surface area contributed by atoms with E-state index in [0.29, 0.717) is 11.1 Å². The molecule has 160 valence electrons. The largest absolute Gasteiger partial charge is 0.416 e. The predicted molar refractivity (Wildman–Crippen MR) is 97.1 cm³/mol. The number of halogens is 3. The van der Waals surface area contributed by atoms with Gasteiger partial charge in [-0.3, -0.25) is 4.57 Å². The van der Waals surface area contributed by atoms with Gasteiger partial charge in [-0.15, -0.1) is 0 Å². The van der Waals surface area contributed by atoms with E-state index in [4.69, 9.17) is 4.74 Å². The minimum Gasteiger partial charge on any atom is -0.394 e. The van der Waals surface area contributed by atoms with E-state index in [0.717, 1.165) is 12.1 Å². The number of anilines is 1. The number of nitrogens with zero attached hydrogens (tertiary/aromatic N) is 4. The first-order chi connectivity index (χ1) is 14.3. The highest BCUT2D eigenvalue weighted by atomic mass is 19.4. The smallest absolute Gasteiger partial charge is 0.394 e. The summed E-state index contributed by atoms with van der Waals surface area (Å²) in [6.07, 6.45) is -6.42. The lowest BCUT2D eigenvalue weighted by Gasteiger charge is -2.16. The van der Waals surface area contributed by atoms with Crippen molar-refractivity contribution in [3.63, 3.8) is 0 Å². The van der Waals surface area contributed by atoms with Crippen molar-refractivity contribution in [2.45, 2.75) is 37.3 Å². The normalized spacial score (nSPS) is 24.5. The Bertz CT molecular complexity index is 1040. The van der Waals surface area contributed by atoms with Crippen molar-refractivity contribution in [2.24, 2.45) is 0 Å². The minimum atomic E-state index is -4.43. The van der Waals surface area contributed by atoms with Gasteiger partial charge in [0.2, 0.25) is 0 Å². The van der Waals surface area contributed by atoms with Gasteiger partial charge in [-0.25, -0.2) is 15.0 Å². The average Bonchev–Trinajstić information content (AvgIpc) is 3.27. The first kappa shape index (κ1) is 20.5. The van der Waals surface area contributed by atoms with Gasteiger partial charge in [-0.2, -0.15) is 13.2 Å². The number of alkyl halides is 3. The molecule has 3 heterocycles. The van der Waals surface area contributed by atoms with E-state index in [1.807, 2.05) is 0 Å². The van der Waals surface area contributed by atoms with Crippen LogP contribution in [0, 0.1) is 0 Å². The number of hydrogen-bond acceptors (Lipinski definition) is 8. The highest BCUT2D eigenvalue weighted by Crippen LogP contribution is 2.32. The Morgan fingerprint density at radius 3 is 2.63 bits per heavy atom. The van der Waals surface area contributed by atoms with Crippen LogP contribution < -0.4 is 5.32 Å². The van der Waals surface area contributed by atoms with Crippen LogP contribution in [0.5, 0.6) is 0 Å². The number of aliphatic hydroxyl groups is 3. The lowest BCUT2D eigenvalue weighted by molar-refractivity contribution is -0.137. The van der Waals surface area contributed by atoms with Crippen molar-refractivity contribution >= 4 is 17.0 Å². The molecule has 4 N–H and O–H groups in total. The molecule has 4 rings (SSSR count). The summed E-state index contributed by atoms with van der Waals surface area (Å²) in [4.78, 5) is 12.4. The van der Waals surface area contributed by atoms with Crippen molar-refractivity contribution in [3.8, 4) is 0 Å². The first-order valence-corrected chi connectivity index (χ1v) is 8.99. The molecule has 12 heteroatoms. The summed E-state index contributed by atoms with van der Waals surface area (Å²) < 4.78 is 45.5. The second-order valence-corrected chi connectivity index (χ2v) is 6.83. The Hall–Kier alpha value is -2.80. The molecule has 1 unspecified atom stereocenters. The molecule has 0 bridgehead atoms. The van der Waals surface area contributed by atoms with E-state index in [1.165, 1.54) is 23.3 Å². The van der Waals surface area contributed by atoms with Crippen molar-refractivity contribution in [1.29, 1.82) is 0 Å². The second kappa shape index (κ2) is 7.80. The third-order valence-electron chi connectivity index (χ3n) is 4.86. The Balaban J connectivity index is 1.57. The summed E-state index contributed by atoms with van der Waals surface area (Å²) in [5.74, 6) is 0.280. The standard InChI is InChI=1S/C18H18F3N5O4/c19-18(20,21)10-3-1-2-9(4-10)5-22-15-12-16(24-7-23-15)26(8-25-12)17-14(29)13(28)11(6-27)30-17/h1-4,7-8,11,13-14,17,27-29H,5-6H2,(H,22,23,24)/t11-,13-,14+,17?/m1/s1. The predicted octanol–water partition coefficient (Wildman–Crippen LogP) is 1.07. The molecule has 1 aliphatic heterocycles. The van der Waals surface area contributed by atoms with Crippen LogP contribution in [0.1, 0.15) is 17.4 Å². The maximum Gasteiger partial charge on any atom is 0.416 e. The van der Waals surface area contributed by atoms with Crippen LogP contribution in [0.2, 0.25) is 0 Å². The SMILES string of the molecule is OC[C@H]1OC(n2cnc3c(NCc4cccc(C(F)(F)F)c4)ncnc32)[C@@H](O)[C@@H]1O. The number of aromatic nitrogens is 4. The topological polar surface area (TPSA) is 126 Å². The number of nitrogens with one attached hydrogen (secondary N) is 1. The molecule has 1 aromatic carbocycles. The zero-order valence-corrected chi connectivity index (χ0v) is 15.4. The summed E-state index contributed by atoms with van der Waals surface area (Å²) >= 11 is 0. The van der Waals surface area contributed by atoms with Crippen LogP contribution in [0.4, 0.5) is 19.0 Å². The van der Waals surface area contributed by atoms with Crippen LogP contribution in [0.15, 0.2) is 36.9 Å². The molecule has 1 aliphatic rings. The molecule has 0 amide bonds.